The number of carbonyl (C=O) groups is 2. The molecule has 0 spiro atoms. The molecule has 0 atom stereocenters. The molecule has 1 aromatic carbocycles. The van der Waals surface area contributed by atoms with Crippen molar-refractivity contribution in [3.05, 3.63) is 33.4 Å². The van der Waals surface area contributed by atoms with Gasteiger partial charge in [0.05, 0.1) is 12.1 Å². The standard InChI is InChI=1S/C16H21IN2O2/c17-14-10-6-5-9-13(14)16(21)18-11-15(20)19-12-7-3-1-2-4-8-12/h5-6,9-10,12H,1-4,7-8,11H2,(H,18,21)(H,19,20). The maximum Gasteiger partial charge on any atom is 0.252 e. The molecule has 114 valence electrons. The van der Waals surface area contributed by atoms with E-state index >= 15 is 0 Å². The molecule has 0 heterocycles. The number of halogens is 1. The molecule has 1 fully saturated rings. The number of carbonyl (C=O) groups excluding carboxylic acids is 2. The first-order chi connectivity index (χ1) is 10.2. The predicted molar refractivity (Wildman–Crippen MR) is 91.1 cm³/mol. The number of benzene rings is 1. The Morgan fingerprint density at radius 3 is 2.43 bits per heavy atom. The van der Waals surface area contributed by atoms with Gasteiger partial charge in [0.2, 0.25) is 5.91 Å². The Morgan fingerprint density at radius 1 is 1.10 bits per heavy atom. The summed E-state index contributed by atoms with van der Waals surface area (Å²) in [4.78, 5) is 23.9. The van der Waals surface area contributed by atoms with Gasteiger partial charge in [0.25, 0.3) is 5.91 Å². The molecule has 21 heavy (non-hydrogen) atoms. The van der Waals surface area contributed by atoms with Crippen molar-refractivity contribution in [2.75, 3.05) is 6.54 Å². The maximum atomic E-state index is 12.0. The van der Waals surface area contributed by atoms with E-state index in [-0.39, 0.29) is 24.4 Å². The van der Waals surface area contributed by atoms with Crippen molar-refractivity contribution in [1.29, 1.82) is 0 Å². The Morgan fingerprint density at radius 2 is 1.76 bits per heavy atom. The van der Waals surface area contributed by atoms with Gasteiger partial charge in [0.1, 0.15) is 0 Å². The molecule has 5 heteroatoms. The van der Waals surface area contributed by atoms with Gasteiger partial charge in [-0.15, -0.1) is 0 Å². The predicted octanol–water partition coefficient (Wildman–Crippen LogP) is 2.86. The zero-order chi connectivity index (χ0) is 15.1. The quantitative estimate of drug-likeness (QED) is 0.603. The van der Waals surface area contributed by atoms with Gasteiger partial charge in [0.15, 0.2) is 0 Å². The lowest BCUT2D eigenvalue weighted by Crippen LogP contribution is -2.41. The van der Waals surface area contributed by atoms with Crippen LogP contribution in [0.4, 0.5) is 0 Å². The van der Waals surface area contributed by atoms with Gasteiger partial charge in [-0.1, -0.05) is 37.8 Å². The van der Waals surface area contributed by atoms with Gasteiger partial charge in [-0.2, -0.15) is 0 Å². The minimum absolute atomic E-state index is 0.0420. The lowest BCUT2D eigenvalue weighted by Gasteiger charge is -2.16. The molecule has 0 radical (unpaired) electrons. The van der Waals surface area contributed by atoms with Crippen LogP contribution in [-0.4, -0.2) is 24.4 Å². The van der Waals surface area contributed by atoms with Crippen molar-refractivity contribution in [3.8, 4) is 0 Å². The van der Waals surface area contributed by atoms with Crippen LogP contribution in [0.5, 0.6) is 0 Å². The summed E-state index contributed by atoms with van der Waals surface area (Å²) in [6.45, 7) is 0.0420. The molecular weight excluding hydrogens is 379 g/mol. The lowest BCUT2D eigenvalue weighted by molar-refractivity contribution is -0.120. The van der Waals surface area contributed by atoms with Gasteiger partial charge >= 0.3 is 0 Å². The normalized spacial score (nSPS) is 16.0. The number of nitrogens with one attached hydrogen (secondary N) is 2. The molecule has 0 bridgehead atoms. The van der Waals surface area contributed by atoms with E-state index in [0.29, 0.717) is 5.56 Å². The van der Waals surface area contributed by atoms with Crippen LogP contribution in [-0.2, 0) is 4.79 Å². The third-order valence-corrected chi connectivity index (χ3v) is 4.69. The molecular formula is C16H21IN2O2. The van der Waals surface area contributed by atoms with Crippen LogP contribution in [0.25, 0.3) is 0 Å². The minimum atomic E-state index is -0.198. The van der Waals surface area contributed by atoms with Crippen LogP contribution in [0, 0.1) is 3.57 Å². The molecule has 1 aliphatic carbocycles. The maximum absolute atomic E-state index is 12.0. The Labute approximate surface area is 139 Å². The first-order valence-corrected chi connectivity index (χ1v) is 8.57. The highest BCUT2D eigenvalue weighted by molar-refractivity contribution is 14.1. The van der Waals surface area contributed by atoms with E-state index in [4.69, 9.17) is 0 Å². The van der Waals surface area contributed by atoms with Gasteiger partial charge in [-0.25, -0.2) is 0 Å². The Balaban J connectivity index is 1.78. The second-order valence-electron chi connectivity index (χ2n) is 5.42. The van der Waals surface area contributed by atoms with Crippen LogP contribution in [0.1, 0.15) is 48.9 Å². The van der Waals surface area contributed by atoms with E-state index in [1.54, 1.807) is 6.07 Å². The smallest absolute Gasteiger partial charge is 0.252 e. The van der Waals surface area contributed by atoms with E-state index in [0.717, 1.165) is 16.4 Å². The third kappa shape index (κ3) is 5.30. The Kier molecular flexibility index (Phi) is 6.48. The summed E-state index contributed by atoms with van der Waals surface area (Å²) >= 11 is 2.12. The Bertz CT molecular complexity index is 497. The van der Waals surface area contributed by atoms with Crippen molar-refractivity contribution in [1.82, 2.24) is 10.6 Å². The highest BCUT2D eigenvalue weighted by atomic mass is 127. The van der Waals surface area contributed by atoms with Gasteiger partial charge < -0.3 is 10.6 Å². The first kappa shape index (κ1) is 16.3. The Hall–Kier alpha value is -1.11. The zero-order valence-corrected chi connectivity index (χ0v) is 14.2. The van der Waals surface area contributed by atoms with Crippen molar-refractivity contribution in [2.45, 2.75) is 44.6 Å². The monoisotopic (exact) mass is 400 g/mol. The molecule has 2 amide bonds. The summed E-state index contributed by atoms with van der Waals surface area (Å²) in [6, 6.07) is 7.62. The second-order valence-corrected chi connectivity index (χ2v) is 6.58. The van der Waals surface area contributed by atoms with Crippen LogP contribution >= 0.6 is 22.6 Å². The van der Waals surface area contributed by atoms with E-state index in [1.807, 2.05) is 18.2 Å². The fraction of sp³-hybridized carbons (Fsp3) is 0.500. The minimum Gasteiger partial charge on any atom is -0.352 e. The summed E-state index contributed by atoms with van der Waals surface area (Å²) < 4.78 is 0.886. The van der Waals surface area contributed by atoms with Crippen LogP contribution < -0.4 is 10.6 Å². The molecule has 1 aliphatic rings. The van der Waals surface area contributed by atoms with Gasteiger partial charge in [0, 0.05) is 9.61 Å². The summed E-state index contributed by atoms with van der Waals surface area (Å²) in [5, 5.41) is 5.71. The van der Waals surface area contributed by atoms with Gasteiger partial charge in [-0.05, 0) is 47.6 Å². The van der Waals surface area contributed by atoms with Crippen molar-refractivity contribution < 1.29 is 9.59 Å². The van der Waals surface area contributed by atoms with E-state index in [2.05, 4.69) is 33.2 Å². The van der Waals surface area contributed by atoms with E-state index in [1.165, 1.54) is 25.7 Å². The average molecular weight is 400 g/mol. The van der Waals surface area contributed by atoms with Crippen LogP contribution in [0.2, 0.25) is 0 Å². The molecule has 0 aromatic heterocycles. The molecule has 0 unspecified atom stereocenters. The fourth-order valence-corrected chi connectivity index (χ4v) is 3.24. The fourth-order valence-electron chi connectivity index (χ4n) is 2.60. The van der Waals surface area contributed by atoms with E-state index < -0.39 is 0 Å². The van der Waals surface area contributed by atoms with Crippen molar-refractivity contribution >= 4 is 34.4 Å². The number of rotatable bonds is 4. The first-order valence-electron chi connectivity index (χ1n) is 7.49. The molecule has 1 aromatic rings. The zero-order valence-electron chi connectivity index (χ0n) is 12.0. The summed E-state index contributed by atoms with van der Waals surface area (Å²) in [5.41, 5.74) is 0.611. The highest BCUT2D eigenvalue weighted by Gasteiger charge is 2.15. The van der Waals surface area contributed by atoms with Crippen LogP contribution in [0.15, 0.2) is 24.3 Å². The number of hydrogen-bond donors (Lipinski definition) is 2. The number of hydrogen-bond acceptors (Lipinski definition) is 2. The lowest BCUT2D eigenvalue weighted by atomic mass is 10.1. The molecule has 0 saturated heterocycles. The molecule has 2 rings (SSSR count). The van der Waals surface area contributed by atoms with Crippen molar-refractivity contribution in [3.63, 3.8) is 0 Å². The molecule has 2 N–H and O–H groups in total. The topological polar surface area (TPSA) is 58.2 Å². The van der Waals surface area contributed by atoms with Crippen molar-refractivity contribution in [2.24, 2.45) is 0 Å². The van der Waals surface area contributed by atoms with Gasteiger partial charge in [-0.3, -0.25) is 9.59 Å². The largest absolute Gasteiger partial charge is 0.352 e. The third-order valence-electron chi connectivity index (χ3n) is 3.75. The van der Waals surface area contributed by atoms with Crippen LogP contribution in [0.3, 0.4) is 0 Å². The highest BCUT2D eigenvalue weighted by Crippen LogP contribution is 2.17. The number of amides is 2. The second kappa shape index (κ2) is 8.36. The average Bonchev–Trinajstić information content (AvgIpc) is 2.74. The molecule has 4 nitrogen and oxygen atoms in total. The SMILES string of the molecule is O=C(CNC(=O)c1ccccc1I)NC1CCCCCC1. The molecule has 1 saturated carbocycles. The molecule has 0 aliphatic heterocycles. The summed E-state index contributed by atoms with van der Waals surface area (Å²) in [7, 11) is 0. The summed E-state index contributed by atoms with van der Waals surface area (Å²) in [6.07, 6.45) is 6.98. The van der Waals surface area contributed by atoms with E-state index in [9.17, 15) is 9.59 Å². The summed E-state index contributed by atoms with van der Waals surface area (Å²) in [5.74, 6) is -0.294.